The van der Waals surface area contributed by atoms with Gasteiger partial charge in [-0.05, 0) is 30.2 Å². The number of furan rings is 1. The number of Topliss-reactive ketones (excluding diaryl/α,β-unsaturated/α-hetero) is 1. The van der Waals surface area contributed by atoms with E-state index in [1.807, 2.05) is 68.4 Å². The van der Waals surface area contributed by atoms with E-state index in [2.05, 4.69) is 0 Å². The van der Waals surface area contributed by atoms with Crippen LogP contribution in [0.4, 0.5) is 5.69 Å². The Labute approximate surface area is 200 Å². The highest BCUT2D eigenvalue weighted by Gasteiger charge is 2.25. The van der Waals surface area contributed by atoms with Gasteiger partial charge in [0.15, 0.2) is 5.78 Å². The summed E-state index contributed by atoms with van der Waals surface area (Å²) in [7, 11) is -2.04. The van der Waals surface area contributed by atoms with E-state index in [1.54, 1.807) is 6.07 Å². The minimum Gasteiger partial charge on any atom is -0.455 e. The molecule has 0 unspecified atom stereocenters. The van der Waals surface area contributed by atoms with Crippen molar-refractivity contribution in [1.29, 1.82) is 0 Å². The molecule has 0 amide bonds. The number of carbonyl (C=O) groups excluding carboxylic acids is 1. The zero-order valence-electron chi connectivity index (χ0n) is 19.8. The van der Waals surface area contributed by atoms with Crippen molar-refractivity contribution in [2.75, 3.05) is 17.6 Å². The summed E-state index contributed by atoms with van der Waals surface area (Å²) in [5.41, 5.74) is 11.6. The van der Waals surface area contributed by atoms with Gasteiger partial charge >= 0.3 is 0 Å². The molecule has 2 N–H and O–H groups in total. The van der Waals surface area contributed by atoms with Gasteiger partial charge in [-0.2, -0.15) is 0 Å². The van der Waals surface area contributed by atoms with E-state index in [-0.39, 0.29) is 5.78 Å². The summed E-state index contributed by atoms with van der Waals surface area (Å²) in [5.74, 6) is 0.447. The van der Waals surface area contributed by atoms with Crippen LogP contribution >= 0.6 is 0 Å². The topological polar surface area (TPSA) is 93.6 Å². The number of rotatable bonds is 7. The van der Waals surface area contributed by atoms with Gasteiger partial charge in [-0.3, -0.25) is 9.10 Å². The van der Waals surface area contributed by atoms with E-state index in [1.165, 1.54) is 11.4 Å². The van der Waals surface area contributed by atoms with Crippen LogP contribution in [-0.4, -0.2) is 27.5 Å². The summed E-state index contributed by atoms with van der Waals surface area (Å²) in [5, 5.41) is 0.654. The van der Waals surface area contributed by atoms with Crippen LogP contribution in [0, 0.1) is 6.92 Å². The van der Waals surface area contributed by atoms with E-state index in [9.17, 15) is 13.2 Å². The predicted molar refractivity (Wildman–Crippen MR) is 138 cm³/mol. The van der Waals surface area contributed by atoms with Crippen molar-refractivity contribution in [2.24, 2.45) is 5.73 Å². The van der Waals surface area contributed by atoms with Crippen LogP contribution in [0.25, 0.3) is 33.4 Å². The fourth-order valence-corrected chi connectivity index (χ4v) is 4.54. The molecule has 0 spiro atoms. The van der Waals surface area contributed by atoms with Gasteiger partial charge in [-0.15, -0.1) is 0 Å². The molecular weight excluding hydrogens is 448 g/mol. The Balaban J connectivity index is 2.08. The summed E-state index contributed by atoms with van der Waals surface area (Å²) >= 11 is 0. The maximum atomic E-state index is 13.1. The fourth-order valence-electron chi connectivity index (χ4n) is 4.03. The van der Waals surface area contributed by atoms with Gasteiger partial charge in [0.1, 0.15) is 11.3 Å². The van der Waals surface area contributed by atoms with Crippen molar-refractivity contribution in [1.82, 2.24) is 0 Å². The van der Waals surface area contributed by atoms with Crippen molar-refractivity contribution in [3.63, 3.8) is 0 Å². The Bertz CT molecular complexity index is 1490. The number of nitrogens with two attached hydrogens (primary N) is 1. The van der Waals surface area contributed by atoms with Gasteiger partial charge in [0, 0.05) is 42.6 Å². The highest BCUT2D eigenvalue weighted by molar-refractivity contribution is 7.92. The lowest BCUT2D eigenvalue weighted by molar-refractivity contribution is 0.0989. The molecule has 3 aromatic carbocycles. The molecule has 0 aliphatic carbocycles. The highest BCUT2D eigenvalue weighted by Crippen LogP contribution is 2.41. The molecule has 0 aliphatic heterocycles. The van der Waals surface area contributed by atoms with Crippen molar-refractivity contribution >= 4 is 32.5 Å². The maximum Gasteiger partial charge on any atom is 0.232 e. The minimum atomic E-state index is -3.55. The van der Waals surface area contributed by atoms with Crippen LogP contribution in [0.5, 0.6) is 0 Å². The first kappa shape index (κ1) is 23.7. The highest BCUT2D eigenvalue weighted by atomic mass is 32.2. The van der Waals surface area contributed by atoms with Crippen LogP contribution in [-0.2, 0) is 16.6 Å². The SMILES string of the molecule is CCC(=O)c1c(-c2ccc(C)cc2)oc2cc(N(C)S(C)(=O)=O)c(-c3cccc(CN)c3)cc12. The maximum absolute atomic E-state index is 13.1. The number of carbonyl (C=O) groups is 1. The number of anilines is 1. The van der Waals surface area contributed by atoms with Gasteiger partial charge in [-0.25, -0.2) is 8.42 Å². The average molecular weight is 477 g/mol. The van der Waals surface area contributed by atoms with Gasteiger partial charge in [-0.1, -0.05) is 55.0 Å². The molecule has 6 nitrogen and oxygen atoms in total. The van der Waals surface area contributed by atoms with Gasteiger partial charge in [0.2, 0.25) is 10.0 Å². The molecule has 0 saturated heterocycles. The molecule has 1 heterocycles. The number of hydrogen-bond acceptors (Lipinski definition) is 5. The number of fused-ring (bicyclic) bond motifs is 1. The first-order valence-electron chi connectivity index (χ1n) is 11.1. The van der Waals surface area contributed by atoms with Crippen molar-refractivity contribution in [3.8, 4) is 22.5 Å². The third-order valence-electron chi connectivity index (χ3n) is 6.03. The third kappa shape index (κ3) is 4.36. The lowest BCUT2D eigenvalue weighted by atomic mass is 9.95. The number of sulfonamides is 1. The Morgan fingerprint density at radius 1 is 1.03 bits per heavy atom. The Morgan fingerprint density at radius 2 is 1.74 bits per heavy atom. The van der Waals surface area contributed by atoms with E-state index in [0.29, 0.717) is 46.5 Å². The smallest absolute Gasteiger partial charge is 0.232 e. The minimum absolute atomic E-state index is 0.0415. The van der Waals surface area contributed by atoms with Gasteiger partial charge < -0.3 is 10.2 Å². The summed E-state index contributed by atoms with van der Waals surface area (Å²) < 4.78 is 32.4. The molecule has 34 heavy (non-hydrogen) atoms. The number of ketones is 1. The lowest BCUT2D eigenvalue weighted by Gasteiger charge is -2.21. The van der Waals surface area contributed by atoms with Crippen LogP contribution in [0.1, 0.15) is 34.8 Å². The number of nitrogens with zero attached hydrogens (tertiary/aromatic N) is 1. The zero-order valence-corrected chi connectivity index (χ0v) is 20.6. The second kappa shape index (κ2) is 9.08. The van der Waals surface area contributed by atoms with E-state index >= 15 is 0 Å². The van der Waals surface area contributed by atoms with Crippen LogP contribution in [0.15, 0.2) is 65.1 Å². The fraction of sp³-hybridized carbons (Fsp3) is 0.222. The van der Waals surface area contributed by atoms with Crippen molar-refractivity contribution < 1.29 is 17.6 Å². The van der Waals surface area contributed by atoms with Gasteiger partial charge in [0.05, 0.1) is 17.5 Å². The average Bonchev–Trinajstić information content (AvgIpc) is 3.20. The predicted octanol–water partition coefficient (Wildman–Crippen LogP) is 5.52. The Kier molecular flexibility index (Phi) is 6.34. The largest absolute Gasteiger partial charge is 0.455 e. The van der Waals surface area contributed by atoms with Crippen molar-refractivity contribution in [2.45, 2.75) is 26.8 Å². The molecule has 0 radical (unpaired) electrons. The Hall–Kier alpha value is -3.42. The number of hydrogen-bond donors (Lipinski definition) is 1. The first-order chi connectivity index (χ1) is 16.1. The first-order valence-corrected chi connectivity index (χ1v) is 12.9. The molecule has 4 rings (SSSR count). The van der Waals surface area contributed by atoms with Crippen LogP contribution in [0.2, 0.25) is 0 Å². The molecule has 0 atom stereocenters. The third-order valence-corrected chi connectivity index (χ3v) is 7.22. The zero-order chi connectivity index (χ0) is 24.6. The van der Waals surface area contributed by atoms with E-state index in [0.717, 1.165) is 28.5 Å². The molecule has 0 bridgehead atoms. The molecule has 7 heteroatoms. The molecule has 0 aliphatic rings. The summed E-state index contributed by atoms with van der Waals surface area (Å²) in [4.78, 5) is 13.1. The molecule has 0 fully saturated rings. The van der Waals surface area contributed by atoms with Gasteiger partial charge in [0.25, 0.3) is 0 Å². The molecule has 1 aromatic heterocycles. The summed E-state index contributed by atoms with van der Waals surface area (Å²) in [6, 6.07) is 19.0. The number of aryl methyl sites for hydroxylation is 1. The molecule has 0 saturated carbocycles. The normalized spacial score (nSPS) is 11.7. The van der Waals surface area contributed by atoms with Crippen LogP contribution in [0.3, 0.4) is 0 Å². The summed E-state index contributed by atoms with van der Waals surface area (Å²) in [6.07, 6.45) is 1.47. The number of benzene rings is 3. The van der Waals surface area contributed by atoms with E-state index in [4.69, 9.17) is 10.2 Å². The van der Waals surface area contributed by atoms with Crippen LogP contribution < -0.4 is 10.0 Å². The standard InChI is InChI=1S/C27H28N2O4S/c1-5-24(30)26-22-14-21(20-8-6-7-18(13-20)16-28)23(29(3)34(4,31)32)15-25(22)33-27(26)19-11-9-17(2)10-12-19/h6-15H,5,16,28H2,1-4H3. The lowest BCUT2D eigenvalue weighted by Crippen LogP contribution is -2.25. The Morgan fingerprint density at radius 3 is 2.35 bits per heavy atom. The van der Waals surface area contributed by atoms with Crippen molar-refractivity contribution in [3.05, 3.63) is 77.4 Å². The quantitative estimate of drug-likeness (QED) is 0.354. The molecule has 176 valence electrons. The van der Waals surface area contributed by atoms with E-state index < -0.39 is 10.0 Å². The summed E-state index contributed by atoms with van der Waals surface area (Å²) in [6.45, 7) is 4.17. The second-order valence-electron chi connectivity index (χ2n) is 8.45. The monoisotopic (exact) mass is 476 g/mol. The molecule has 4 aromatic rings. The molecular formula is C27H28N2O4S. The second-order valence-corrected chi connectivity index (χ2v) is 10.5.